The van der Waals surface area contributed by atoms with Crippen LogP contribution in [-0.4, -0.2) is 17.6 Å². The summed E-state index contributed by atoms with van der Waals surface area (Å²) in [6, 6.07) is 22.6. The van der Waals surface area contributed by atoms with Crippen LogP contribution in [0.1, 0.15) is 28.9 Å². The van der Waals surface area contributed by atoms with E-state index in [1.165, 1.54) is 6.26 Å². The molecular formula is C20H19NO3. The van der Waals surface area contributed by atoms with Crippen LogP contribution in [0.5, 0.6) is 0 Å². The van der Waals surface area contributed by atoms with Gasteiger partial charge in [0.25, 0.3) is 0 Å². The highest BCUT2D eigenvalue weighted by molar-refractivity contribution is 5.87. The predicted octanol–water partition coefficient (Wildman–Crippen LogP) is 3.26. The molecule has 1 amide bonds. The third-order valence-corrected chi connectivity index (χ3v) is 3.87. The maximum atomic E-state index is 12.8. The van der Waals surface area contributed by atoms with Gasteiger partial charge in [0, 0.05) is 0 Å². The number of hydrogen-bond acceptors (Lipinski definition) is 3. The van der Waals surface area contributed by atoms with Crippen molar-refractivity contribution in [2.45, 2.75) is 12.0 Å². The second-order valence-corrected chi connectivity index (χ2v) is 5.53. The topological polar surface area (TPSA) is 62.5 Å². The van der Waals surface area contributed by atoms with Gasteiger partial charge in [-0.1, -0.05) is 60.7 Å². The first-order valence-corrected chi connectivity index (χ1v) is 7.85. The Hall–Kier alpha value is -2.85. The molecule has 0 radical (unpaired) electrons. The highest BCUT2D eigenvalue weighted by Crippen LogP contribution is 2.25. The average Bonchev–Trinajstić information content (AvgIpc) is 3.16. The number of furan rings is 1. The molecule has 1 atom stereocenters. The molecule has 3 aromatic rings. The van der Waals surface area contributed by atoms with Crippen LogP contribution in [0, 0.1) is 0 Å². The summed E-state index contributed by atoms with van der Waals surface area (Å²) < 4.78 is 5.16. The molecule has 0 saturated heterocycles. The lowest BCUT2D eigenvalue weighted by Gasteiger charge is -2.19. The van der Waals surface area contributed by atoms with Crippen molar-refractivity contribution in [3.05, 3.63) is 95.9 Å². The van der Waals surface area contributed by atoms with Gasteiger partial charge in [0.2, 0.25) is 5.91 Å². The summed E-state index contributed by atoms with van der Waals surface area (Å²) in [5.41, 5.74) is 1.82. The molecule has 4 heteroatoms. The number of benzene rings is 2. The van der Waals surface area contributed by atoms with Gasteiger partial charge in [-0.3, -0.25) is 4.79 Å². The lowest BCUT2D eigenvalue weighted by Crippen LogP contribution is -2.33. The predicted molar refractivity (Wildman–Crippen MR) is 91.4 cm³/mol. The third kappa shape index (κ3) is 3.73. The van der Waals surface area contributed by atoms with Crippen LogP contribution in [0.2, 0.25) is 0 Å². The van der Waals surface area contributed by atoms with Crippen LogP contribution in [0.15, 0.2) is 83.5 Å². The van der Waals surface area contributed by atoms with Crippen molar-refractivity contribution in [3.8, 4) is 0 Å². The van der Waals surface area contributed by atoms with Crippen molar-refractivity contribution >= 4 is 5.91 Å². The molecule has 4 nitrogen and oxygen atoms in total. The van der Waals surface area contributed by atoms with E-state index >= 15 is 0 Å². The van der Waals surface area contributed by atoms with E-state index in [0.29, 0.717) is 5.76 Å². The van der Waals surface area contributed by atoms with Gasteiger partial charge >= 0.3 is 0 Å². The van der Waals surface area contributed by atoms with Crippen molar-refractivity contribution in [1.29, 1.82) is 0 Å². The molecule has 0 bridgehead atoms. The number of amides is 1. The summed E-state index contributed by atoms with van der Waals surface area (Å²) in [4.78, 5) is 12.8. The highest BCUT2D eigenvalue weighted by Gasteiger charge is 2.23. The van der Waals surface area contributed by atoms with E-state index in [1.807, 2.05) is 60.7 Å². The van der Waals surface area contributed by atoms with E-state index in [1.54, 1.807) is 12.1 Å². The van der Waals surface area contributed by atoms with Crippen LogP contribution < -0.4 is 5.32 Å². The Morgan fingerprint density at radius 2 is 1.50 bits per heavy atom. The fourth-order valence-corrected chi connectivity index (χ4v) is 2.67. The SMILES string of the molecule is O=C(NCC(O)c1ccco1)C(c1ccccc1)c1ccccc1. The van der Waals surface area contributed by atoms with Gasteiger partial charge in [-0.15, -0.1) is 0 Å². The Morgan fingerprint density at radius 1 is 0.917 bits per heavy atom. The fraction of sp³-hybridized carbons (Fsp3) is 0.150. The Bertz CT molecular complexity index is 715. The summed E-state index contributed by atoms with van der Waals surface area (Å²) >= 11 is 0. The van der Waals surface area contributed by atoms with Gasteiger partial charge < -0.3 is 14.8 Å². The zero-order chi connectivity index (χ0) is 16.8. The maximum Gasteiger partial charge on any atom is 0.232 e. The average molecular weight is 321 g/mol. The van der Waals surface area contributed by atoms with E-state index in [9.17, 15) is 9.90 Å². The van der Waals surface area contributed by atoms with Crippen molar-refractivity contribution in [2.24, 2.45) is 0 Å². The first-order valence-electron chi connectivity index (χ1n) is 7.85. The minimum Gasteiger partial charge on any atom is -0.467 e. The largest absolute Gasteiger partial charge is 0.467 e. The summed E-state index contributed by atoms with van der Waals surface area (Å²) in [5.74, 6) is -0.138. The van der Waals surface area contributed by atoms with Gasteiger partial charge in [-0.2, -0.15) is 0 Å². The van der Waals surface area contributed by atoms with Gasteiger partial charge in [0.15, 0.2) is 0 Å². The molecule has 0 aliphatic heterocycles. The number of carbonyl (C=O) groups is 1. The van der Waals surface area contributed by atoms with Crippen molar-refractivity contribution < 1.29 is 14.3 Å². The molecule has 2 N–H and O–H groups in total. The monoisotopic (exact) mass is 321 g/mol. The molecule has 0 spiro atoms. The van der Waals surface area contributed by atoms with Crippen molar-refractivity contribution in [3.63, 3.8) is 0 Å². The van der Waals surface area contributed by atoms with Gasteiger partial charge in [0.05, 0.1) is 18.7 Å². The maximum absolute atomic E-state index is 12.8. The summed E-state index contributed by atoms with van der Waals surface area (Å²) in [6.45, 7) is 0.0997. The van der Waals surface area contributed by atoms with E-state index in [-0.39, 0.29) is 12.5 Å². The smallest absolute Gasteiger partial charge is 0.232 e. The fourth-order valence-electron chi connectivity index (χ4n) is 2.67. The molecule has 24 heavy (non-hydrogen) atoms. The Morgan fingerprint density at radius 3 is 2.00 bits per heavy atom. The zero-order valence-electron chi connectivity index (χ0n) is 13.1. The second-order valence-electron chi connectivity index (χ2n) is 5.53. The minimum absolute atomic E-state index is 0.0997. The highest BCUT2D eigenvalue weighted by atomic mass is 16.4. The standard InChI is InChI=1S/C20H19NO3/c22-17(18-12-7-13-24-18)14-21-20(23)19(15-8-3-1-4-9-15)16-10-5-2-6-11-16/h1-13,17,19,22H,14H2,(H,21,23). The number of nitrogens with one attached hydrogen (secondary N) is 1. The molecule has 2 aromatic carbocycles. The molecule has 122 valence electrons. The lowest BCUT2D eigenvalue weighted by atomic mass is 9.90. The molecule has 0 aliphatic carbocycles. The first-order chi connectivity index (χ1) is 11.8. The number of hydrogen-bond donors (Lipinski definition) is 2. The van der Waals surface area contributed by atoms with E-state index in [2.05, 4.69) is 5.32 Å². The summed E-state index contributed by atoms with van der Waals surface area (Å²) in [5, 5.41) is 12.9. The molecule has 1 unspecified atom stereocenters. The van der Waals surface area contributed by atoms with Gasteiger partial charge in [0.1, 0.15) is 11.9 Å². The number of carbonyl (C=O) groups excluding carboxylic acids is 1. The van der Waals surface area contributed by atoms with Crippen molar-refractivity contribution in [1.82, 2.24) is 5.32 Å². The second kappa shape index (κ2) is 7.62. The Kier molecular flexibility index (Phi) is 5.08. The molecule has 0 saturated carbocycles. The Balaban J connectivity index is 1.77. The van der Waals surface area contributed by atoms with Crippen LogP contribution >= 0.6 is 0 Å². The van der Waals surface area contributed by atoms with Crippen LogP contribution in [-0.2, 0) is 4.79 Å². The van der Waals surface area contributed by atoms with Gasteiger partial charge in [-0.05, 0) is 23.3 Å². The van der Waals surface area contributed by atoms with Crippen LogP contribution in [0.3, 0.4) is 0 Å². The molecular weight excluding hydrogens is 302 g/mol. The molecule has 3 rings (SSSR count). The first kappa shape index (κ1) is 16.0. The zero-order valence-corrected chi connectivity index (χ0v) is 13.1. The van der Waals surface area contributed by atoms with E-state index < -0.39 is 12.0 Å². The molecule has 0 fully saturated rings. The quantitative estimate of drug-likeness (QED) is 0.732. The van der Waals surface area contributed by atoms with E-state index in [0.717, 1.165) is 11.1 Å². The minimum atomic E-state index is -0.865. The third-order valence-electron chi connectivity index (χ3n) is 3.87. The van der Waals surface area contributed by atoms with E-state index in [4.69, 9.17) is 4.42 Å². The summed E-state index contributed by atoms with van der Waals surface area (Å²) in [7, 11) is 0. The van der Waals surface area contributed by atoms with Crippen molar-refractivity contribution in [2.75, 3.05) is 6.54 Å². The van der Waals surface area contributed by atoms with Crippen LogP contribution in [0.4, 0.5) is 0 Å². The molecule has 1 heterocycles. The number of aliphatic hydroxyl groups excluding tert-OH is 1. The molecule has 0 aliphatic rings. The lowest BCUT2D eigenvalue weighted by molar-refractivity contribution is -0.122. The normalized spacial score (nSPS) is 12.1. The molecule has 1 aromatic heterocycles. The Labute approximate surface area is 140 Å². The van der Waals surface area contributed by atoms with Gasteiger partial charge in [-0.25, -0.2) is 0 Å². The number of rotatable bonds is 6. The number of aliphatic hydroxyl groups is 1. The summed E-state index contributed by atoms with van der Waals surface area (Å²) in [6.07, 6.45) is 0.632. The van der Waals surface area contributed by atoms with Crippen LogP contribution in [0.25, 0.3) is 0 Å².